The molecule has 0 unspecified atom stereocenters. The lowest BCUT2D eigenvalue weighted by molar-refractivity contribution is -0.121. The summed E-state index contributed by atoms with van der Waals surface area (Å²) in [6.07, 6.45) is 1.78. The van der Waals surface area contributed by atoms with Gasteiger partial charge in [-0.2, -0.15) is 0 Å². The second kappa shape index (κ2) is 7.31. The van der Waals surface area contributed by atoms with E-state index in [0.717, 1.165) is 17.0 Å². The van der Waals surface area contributed by atoms with Crippen molar-refractivity contribution in [3.63, 3.8) is 0 Å². The molecule has 1 aliphatic rings. The lowest BCUT2D eigenvalue weighted by atomic mass is 10.1. The molecule has 142 valence electrons. The molecule has 6 heteroatoms. The number of furan rings is 1. The number of hydrogen-bond donors (Lipinski definition) is 1. The minimum atomic E-state index is -0.440. The van der Waals surface area contributed by atoms with E-state index in [0.29, 0.717) is 23.6 Å². The van der Waals surface area contributed by atoms with Gasteiger partial charge in [0, 0.05) is 11.9 Å². The van der Waals surface area contributed by atoms with Crippen molar-refractivity contribution >= 4 is 17.5 Å². The zero-order valence-corrected chi connectivity index (χ0v) is 15.8. The maximum atomic E-state index is 13.0. The Morgan fingerprint density at radius 2 is 1.93 bits per heavy atom. The maximum Gasteiger partial charge on any atom is 0.260 e. The lowest BCUT2D eigenvalue weighted by Gasteiger charge is -2.24. The van der Waals surface area contributed by atoms with Gasteiger partial charge in [0.1, 0.15) is 11.5 Å². The number of amides is 2. The molecule has 0 fully saturated rings. The Morgan fingerprint density at radius 1 is 1.14 bits per heavy atom. The molecule has 0 radical (unpaired) electrons. The number of aryl methyl sites for hydroxylation is 2. The van der Waals surface area contributed by atoms with Gasteiger partial charge in [-0.05, 0) is 50.2 Å². The Bertz CT molecular complexity index is 1020. The topological polar surface area (TPSA) is 75.4 Å². The first kappa shape index (κ1) is 18.0. The van der Waals surface area contributed by atoms with Crippen molar-refractivity contribution in [2.75, 3.05) is 4.90 Å². The maximum absolute atomic E-state index is 13.0. The molecular formula is C22H21N3O3. The smallest absolute Gasteiger partial charge is 0.260 e. The molecular weight excluding hydrogens is 354 g/mol. The monoisotopic (exact) mass is 375 g/mol. The van der Waals surface area contributed by atoms with Crippen LogP contribution in [0.2, 0.25) is 0 Å². The van der Waals surface area contributed by atoms with Crippen molar-refractivity contribution in [1.29, 1.82) is 0 Å². The van der Waals surface area contributed by atoms with Crippen molar-refractivity contribution in [2.45, 2.75) is 32.9 Å². The summed E-state index contributed by atoms with van der Waals surface area (Å²) in [6.45, 7) is 4.16. The zero-order chi connectivity index (χ0) is 19.7. The van der Waals surface area contributed by atoms with Crippen LogP contribution in [-0.4, -0.2) is 16.8 Å². The molecule has 0 bridgehead atoms. The number of carbonyl (C=O) groups excluding carboxylic acids is 2. The Labute approximate surface area is 163 Å². The minimum absolute atomic E-state index is 0.128. The third-order valence-corrected chi connectivity index (χ3v) is 4.86. The predicted octanol–water partition coefficient (Wildman–Crippen LogP) is 3.70. The molecule has 6 nitrogen and oxygen atoms in total. The molecule has 4 rings (SSSR count). The fraction of sp³-hybridized carbons (Fsp3) is 0.227. The highest BCUT2D eigenvalue weighted by Crippen LogP contribution is 2.38. The Hall–Kier alpha value is -3.41. The third-order valence-electron chi connectivity index (χ3n) is 4.86. The zero-order valence-electron chi connectivity index (χ0n) is 15.8. The van der Waals surface area contributed by atoms with Crippen LogP contribution >= 0.6 is 0 Å². The number of hydrogen-bond acceptors (Lipinski definition) is 4. The fourth-order valence-electron chi connectivity index (χ4n) is 3.46. The van der Waals surface area contributed by atoms with Gasteiger partial charge in [-0.25, -0.2) is 0 Å². The normalized spacial score (nSPS) is 15.6. The number of nitrogens with zero attached hydrogens (tertiary/aromatic N) is 2. The predicted molar refractivity (Wildman–Crippen MR) is 105 cm³/mol. The summed E-state index contributed by atoms with van der Waals surface area (Å²) in [5.41, 5.74) is 3.04. The van der Waals surface area contributed by atoms with Crippen LogP contribution in [0.5, 0.6) is 0 Å². The van der Waals surface area contributed by atoms with Crippen molar-refractivity contribution in [1.82, 2.24) is 10.3 Å². The van der Waals surface area contributed by atoms with E-state index >= 15 is 0 Å². The molecule has 1 atom stereocenters. The van der Waals surface area contributed by atoms with Crippen LogP contribution in [0.3, 0.4) is 0 Å². The number of rotatable bonds is 5. The molecule has 0 aliphatic carbocycles. The average Bonchev–Trinajstić information content (AvgIpc) is 3.23. The molecule has 0 saturated heterocycles. The first-order valence-corrected chi connectivity index (χ1v) is 9.20. The van der Waals surface area contributed by atoms with Crippen LogP contribution in [0.1, 0.15) is 45.6 Å². The van der Waals surface area contributed by atoms with Crippen LogP contribution in [0.25, 0.3) is 0 Å². The number of nitrogens with one attached hydrogen (secondary N) is 1. The van der Waals surface area contributed by atoms with E-state index < -0.39 is 6.04 Å². The van der Waals surface area contributed by atoms with Crippen molar-refractivity contribution < 1.29 is 14.0 Å². The summed E-state index contributed by atoms with van der Waals surface area (Å²) in [5, 5.41) is 2.87. The van der Waals surface area contributed by atoms with Crippen LogP contribution in [0.15, 0.2) is 59.1 Å². The number of carbonyl (C=O) groups is 2. The molecule has 0 saturated carbocycles. The van der Waals surface area contributed by atoms with E-state index in [1.165, 1.54) is 0 Å². The van der Waals surface area contributed by atoms with Crippen LogP contribution in [-0.2, 0) is 11.3 Å². The second-order valence-corrected chi connectivity index (χ2v) is 6.96. The van der Waals surface area contributed by atoms with Gasteiger partial charge in [-0.1, -0.05) is 17.7 Å². The van der Waals surface area contributed by atoms with Gasteiger partial charge in [0.2, 0.25) is 5.91 Å². The molecule has 3 heterocycles. The molecule has 2 amide bonds. The SMILES string of the molecule is Cc1ccc(N2C(=O)c3cccnc3[C@H]2CC(=O)NCc2ccc(C)o2)cc1. The average molecular weight is 375 g/mol. The Balaban J connectivity index is 1.57. The minimum Gasteiger partial charge on any atom is -0.465 e. The van der Waals surface area contributed by atoms with Gasteiger partial charge in [-0.15, -0.1) is 0 Å². The standard InChI is InChI=1S/C22H21N3O3/c1-14-5-8-16(9-6-14)25-19(21-18(22(25)27)4-3-11-23-21)12-20(26)24-13-17-10-7-15(2)28-17/h3-11,19H,12-13H2,1-2H3,(H,24,26)/t19-/m1/s1. The van der Waals surface area contributed by atoms with Crippen molar-refractivity contribution in [3.05, 3.63) is 83.1 Å². The highest BCUT2D eigenvalue weighted by molar-refractivity contribution is 6.11. The number of anilines is 1. The van der Waals surface area contributed by atoms with Gasteiger partial charge in [0.25, 0.3) is 5.91 Å². The molecule has 0 spiro atoms. The van der Waals surface area contributed by atoms with Gasteiger partial charge in [-0.3, -0.25) is 19.5 Å². The van der Waals surface area contributed by atoms with Crippen LogP contribution in [0.4, 0.5) is 5.69 Å². The second-order valence-electron chi connectivity index (χ2n) is 6.96. The molecule has 1 aromatic carbocycles. The number of fused-ring (bicyclic) bond motifs is 1. The molecule has 3 aromatic rings. The number of pyridine rings is 1. The highest BCUT2D eigenvalue weighted by Gasteiger charge is 2.39. The summed E-state index contributed by atoms with van der Waals surface area (Å²) in [6, 6.07) is 14.5. The van der Waals surface area contributed by atoms with E-state index in [2.05, 4.69) is 10.3 Å². The summed E-state index contributed by atoms with van der Waals surface area (Å²) in [5.74, 6) is 1.20. The summed E-state index contributed by atoms with van der Waals surface area (Å²) in [4.78, 5) is 31.7. The largest absolute Gasteiger partial charge is 0.465 e. The molecule has 2 aromatic heterocycles. The summed E-state index contributed by atoms with van der Waals surface area (Å²) in [7, 11) is 0. The van der Waals surface area contributed by atoms with Crippen molar-refractivity contribution in [2.24, 2.45) is 0 Å². The first-order valence-electron chi connectivity index (χ1n) is 9.20. The van der Waals surface area contributed by atoms with E-state index in [1.807, 2.05) is 50.2 Å². The molecule has 1 N–H and O–H groups in total. The third kappa shape index (κ3) is 3.41. The van der Waals surface area contributed by atoms with Gasteiger partial charge >= 0.3 is 0 Å². The summed E-state index contributed by atoms with van der Waals surface area (Å²) >= 11 is 0. The van der Waals surface area contributed by atoms with Crippen LogP contribution < -0.4 is 10.2 Å². The van der Waals surface area contributed by atoms with E-state index in [1.54, 1.807) is 23.2 Å². The van der Waals surface area contributed by atoms with Gasteiger partial charge in [0.05, 0.1) is 30.3 Å². The molecule has 28 heavy (non-hydrogen) atoms. The first-order chi connectivity index (χ1) is 13.5. The Morgan fingerprint density at radius 3 is 2.64 bits per heavy atom. The highest BCUT2D eigenvalue weighted by atomic mass is 16.3. The number of aromatic nitrogens is 1. The number of benzene rings is 1. The van der Waals surface area contributed by atoms with Gasteiger partial charge < -0.3 is 9.73 Å². The van der Waals surface area contributed by atoms with E-state index in [-0.39, 0.29) is 18.2 Å². The fourth-order valence-corrected chi connectivity index (χ4v) is 3.46. The summed E-state index contributed by atoms with van der Waals surface area (Å²) < 4.78 is 5.49. The van der Waals surface area contributed by atoms with E-state index in [9.17, 15) is 9.59 Å². The quantitative estimate of drug-likeness (QED) is 0.738. The van der Waals surface area contributed by atoms with Crippen molar-refractivity contribution in [3.8, 4) is 0 Å². The molecule has 1 aliphatic heterocycles. The van der Waals surface area contributed by atoms with Crippen LogP contribution in [0, 0.1) is 13.8 Å². The van der Waals surface area contributed by atoms with Gasteiger partial charge in [0.15, 0.2) is 0 Å². The Kier molecular flexibility index (Phi) is 4.69. The van der Waals surface area contributed by atoms with E-state index in [4.69, 9.17) is 4.42 Å². The lowest BCUT2D eigenvalue weighted by Crippen LogP contribution is -2.32.